The van der Waals surface area contributed by atoms with Gasteiger partial charge in [-0.25, -0.2) is 14.4 Å². The second kappa shape index (κ2) is 20.8. The quantitative estimate of drug-likeness (QED) is 0.0944. The molecule has 0 bridgehead atoms. The molecule has 2 rings (SSSR count). The fourth-order valence-corrected chi connectivity index (χ4v) is 4.03. The lowest BCUT2D eigenvalue weighted by atomic mass is 10.1. The van der Waals surface area contributed by atoms with E-state index in [4.69, 9.17) is 35.0 Å². The Labute approximate surface area is 264 Å². The van der Waals surface area contributed by atoms with Crippen molar-refractivity contribution in [3.05, 3.63) is 42.5 Å². The van der Waals surface area contributed by atoms with Crippen molar-refractivity contribution in [3.8, 4) is 5.75 Å². The third-order valence-electron chi connectivity index (χ3n) is 5.55. The second-order valence-corrected chi connectivity index (χ2v) is 10.4. The number of likely N-dealkylation sites (tertiary alicyclic amines) is 1. The third kappa shape index (κ3) is 17.8. The van der Waals surface area contributed by atoms with Crippen molar-refractivity contribution >= 4 is 48.2 Å². The number of carbonyl (C=O) groups excluding carboxylic acids is 2. The van der Waals surface area contributed by atoms with Crippen molar-refractivity contribution in [2.75, 3.05) is 38.0 Å². The number of rotatable bonds is 12. The third-order valence-corrected chi connectivity index (χ3v) is 6.61. The van der Waals surface area contributed by atoms with Crippen molar-refractivity contribution in [1.82, 2.24) is 10.2 Å². The van der Waals surface area contributed by atoms with E-state index < -0.39 is 42.3 Å². The zero-order valence-electron chi connectivity index (χ0n) is 24.1. The smallest absolute Gasteiger partial charge is 0.489 e. The van der Waals surface area contributed by atoms with Crippen LogP contribution in [0.3, 0.4) is 0 Å². The Hall–Kier alpha value is -3.16. The molecule has 1 aliphatic heterocycles. The number of nitrogens with one attached hydrogen (secondary N) is 1. The molecule has 1 heterocycles. The van der Waals surface area contributed by atoms with E-state index in [9.17, 15) is 35.9 Å². The number of ether oxygens (including phenoxy) is 2. The number of esters is 1. The molecular formula is C26H35F6N3O8S2. The van der Waals surface area contributed by atoms with Gasteiger partial charge in [-0.1, -0.05) is 30.4 Å². The van der Waals surface area contributed by atoms with Crippen LogP contribution in [0, 0.1) is 0 Å². The average molecular weight is 696 g/mol. The van der Waals surface area contributed by atoms with Crippen LogP contribution in [0.15, 0.2) is 42.5 Å². The summed E-state index contributed by atoms with van der Waals surface area (Å²) in [5.41, 5.74) is 5.90. The standard InChI is InChI=1S/C22H33N3O4S2.2C2HF3O2/c1-28-22(27)19(10-12-31-2)24-21(26)20-13-18(29-17-8-4-3-5-9-17)14-25(20)11-6-7-16(23)15-30;2*3-2(4,5)1(6)7/h3-9,16,18-20,30H,10-15,23H2,1-2H3,(H,24,26);2*(H,6,7)/b7-6+;;/t16-,18+,19+,20-;;/m1../s1. The van der Waals surface area contributed by atoms with Crippen LogP contribution in [-0.4, -0.2) is 113 Å². The van der Waals surface area contributed by atoms with Crippen molar-refractivity contribution < 1.29 is 65.2 Å². The number of thioether (sulfide) groups is 1. The fraction of sp³-hybridized carbons (Fsp3) is 0.538. The van der Waals surface area contributed by atoms with E-state index in [0.717, 1.165) is 11.5 Å². The van der Waals surface area contributed by atoms with E-state index in [1.807, 2.05) is 53.6 Å². The number of benzene rings is 1. The zero-order chi connectivity index (χ0) is 34.8. The van der Waals surface area contributed by atoms with Gasteiger partial charge in [-0.2, -0.15) is 50.7 Å². The number of aliphatic carboxylic acids is 2. The summed E-state index contributed by atoms with van der Waals surface area (Å²) in [6, 6.07) is 8.37. The fourth-order valence-electron chi connectivity index (χ4n) is 3.44. The molecule has 45 heavy (non-hydrogen) atoms. The topological polar surface area (TPSA) is 168 Å². The van der Waals surface area contributed by atoms with Gasteiger partial charge in [0.05, 0.1) is 13.2 Å². The van der Waals surface area contributed by atoms with E-state index in [-0.39, 0.29) is 18.1 Å². The van der Waals surface area contributed by atoms with E-state index in [1.54, 1.807) is 11.8 Å². The van der Waals surface area contributed by atoms with Gasteiger partial charge in [-0.05, 0) is 30.6 Å². The van der Waals surface area contributed by atoms with Gasteiger partial charge in [0.25, 0.3) is 0 Å². The molecule has 0 aliphatic carbocycles. The molecule has 1 fully saturated rings. The number of alkyl halides is 6. The molecule has 0 unspecified atom stereocenters. The molecular weight excluding hydrogens is 660 g/mol. The molecule has 1 aromatic rings. The first-order chi connectivity index (χ1) is 20.9. The van der Waals surface area contributed by atoms with Gasteiger partial charge < -0.3 is 30.7 Å². The van der Waals surface area contributed by atoms with Crippen molar-refractivity contribution in [2.45, 2.75) is 49.4 Å². The Bertz CT molecular complexity index is 1070. The summed E-state index contributed by atoms with van der Waals surface area (Å²) >= 11 is 5.81. The maximum atomic E-state index is 13.1. The van der Waals surface area contributed by atoms with E-state index in [0.29, 0.717) is 31.7 Å². The Morgan fingerprint density at radius 3 is 2.09 bits per heavy atom. The highest BCUT2D eigenvalue weighted by atomic mass is 32.2. The number of hydrogen-bond acceptors (Lipinski definition) is 10. The number of methoxy groups -OCH3 is 1. The highest BCUT2D eigenvalue weighted by Gasteiger charge is 2.40. The molecule has 4 atom stereocenters. The first kappa shape index (κ1) is 41.8. The lowest BCUT2D eigenvalue weighted by Crippen LogP contribution is -2.50. The molecule has 0 aromatic heterocycles. The van der Waals surface area contributed by atoms with E-state index >= 15 is 0 Å². The normalized spacial score (nSPS) is 18.0. The van der Waals surface area contributed by atoms with Crippen LogP contribution in [0.2, 0.25) is 0 Å². The Morgan fingerprint density at radius 2 is 1.64 bits per heavy atom. The monoisotopic (exact) mass is 695 g/mol. The summed E-state index contributed by atoms with van der Waals surface area (Å²) in [6.07, 6.45) is -3.44. The maximum absolute atomic E-state index is 13.1. The van der Waals surface area contributed by atoms with Crippen molar-refractivity contribution in [3.63, 3.8) is 0 Å². The molecule has 5 N–H and O–H groups in total. The summed E-state index contributed by atoms with van der Waals surface area (Å²) in [5, 5.41) is 17.1. The zero-order valence-corrected chi connectivity index (χ0v) is 25.8. The number of carbonyl (C=O) groups is 4. The summed E-state index contributed by atoms with van der Waals surface area (Å²) < 4.78 is 74.4. The van der Waals surface area contributed by atoms with Crippen LogP contribution in [0.4, 0.5) is 26.3 Å². The molecule has 256 valence electrons. The summed E-state index contributed by atoms with van der Waals surface area (Å²) in [6.45, 7) is 1.16. The highest BCUT2D eigenvalue weighted by Crippen LogP contribution is 2.24. The molecule has 1 aliphatic rings. The average Bonchev–Trinajstić information content (AvgIpc) is 3.37. The number of carboxylic acid groups (broad SMARTS) is 2. The van der Waals surface area contributed by atoms with Crippen LogP contribution >= 0.6 is 24.4 Å². The van der Waals surface area contributed by atoms with Gasteiger partial charge in [-0.3, -0.25) is 9.69 Å². The van der Waals surface area contributed by atoms with E-state index in [2.05, 4.69) is 17.9 Å². The first-order valence-electron chi connectivity index (χ1n) is 12.8. The minimum atomic E-state index is -5.08. The Balaban J connectivity index is 0.00000114. The maximum Gasteiger partial charge on any atom is 0.490 e. The molecule has 0 radical (unpaired) electrons. The molecule has 1 aromatic carbocycles. The van der Waals surface area contributed by atoms with Gasteiger partial charge in [0.15, 0.2) is 0 Å². The molecule has 0 spiro atoms. The largest absolute Gasteiger partial charge is 0.490 e. The number of hydrogen-bond donors (Lipinski definition) is 5. The summed E-state index contributed by atoms with van der Waals surface area (Å²) in [5.74, 6) is -4.06. The number of nitrogens with two attached hydrogens (primary N) is 1. The number of para-hydroxylation sites is 1. The van der Waals surface area contributed by atoms with Crippen LogP contribution in [0.5, 0.6) is 5.75 Å². The van der Waals surface area contributed by atoms with Crippen LogP contribution in [0.25, 0.3) is 0 Å². The Kier molecular flexibility index (Phi) is 19.3. The van der Waals surface area contributed by atoms with Crippen LogP contribution < -0.4 is 15.8 Å². The number of thiol groups is 1. The van der Waals surface area contributed by atoms with Gasteiger partial charge >= 0.3 is 30.3 Å². The molecule has 19 heteroatoms. The number of nitrogens with zero attached hydrogens (tertiary/aromatic N) is 1. The van der Waals surface area contributed by atoms with Crippen LogP contribution in [0.1, 0.15) is 12.8 Å². The van der Waals surface area contributed by atoms with Crippen molar-refractivity contribution in [2.24, 2.45) is 5.73 Å². The number of carboxylic acids is 2. The summed E-state index contributed by atoms with van der Waals surface area (Å²) in [4.78, 5) is 45.1. The lowest BCUT2D eigenvalue weighted by molar-refractivity contribution is -0.193. The minimum absolute atomic E-state index is 0.132. The molecule has 1 amide bonds. The second-order valence-electron chi connectivity index (χ2n) is 9.00. The van der Waals surface area contributed by atoms with Gasteiger partial charge in [0, 0.05) is 31.3 Å². The van der Waals surface area contributed by atoms with Crippen molar-refractivity contribution in [1.29, 1.82) is 0 Å². The highest BCUT2D eigenvalue weighted by molar-refractivity contribution is 7.98. The minimum Gasteiger partial charge on any atom is -0.489 e. The Morgan fingerprint density at radius 1 is 1.11 bits per heavy atom. The van der Waals surface area contributed by atoms with E-state index in [1.165, 1.54) is 7.11 Å². The molecule has 1 saturated heterocycles. The van der Waals surface area contributed by atoms with Gasteiger partial charge in [0.1, 0.15) is 17.9 Å². The van der Waals surface area contributed by atoms with Gasteiger partial charge in [-0.15, -0.1) is 0 Å². The number of halogens is 6. The molecule has 11 nitrogen and oxygen atoms in total. The predicted octanol–water partition coefficient (Wildman–Crippen LogP) is 3.00. The summed E-state index contributed by atoms with van der Waals surface area (Å²) in [7, 11) is 1.33. The van der Waals surface area contributed by atoms with Crippen LogP contribution in [-0.2, 0) is 23.9 Å². The predicted molar refractivity (Wildman–Crippen MR) is 156 cm³/mol. The van der Waals surface area contributed by atoms with Gasteiger partial charge in [0.2, 0.25) is 5.91 Å². The molecule has 0 saturated carbocycles. The number of amides is 1. The lowest BCUT2D eigenvalue weighted by Gasteiger charge is -2.24. The first-order valence-corrected chi connectivity index (χ1v) is 14.9. The SMILES string of the molecule is COC(=O)[C@H](CCSC)NC(=O)[C@H]1C[C@H](Oc2ccccc2)CN1C/C=C/[C@@H](N)CS.O=C(O)C(F)(F)F.O=C(O)C(F)(F)F.